The molecule has 0 heterocycles. The highest BCUT2D eigenvalue weighted by atomic mass is 14.0. The molecule has 1 radical (unpaired) electrons. The molecule has 0 nitrogen and oxygen atoms in total. The Morgan fingerprint density at radius 3 is 2.75 bits per heavy atom. The van der Waals surface area contributed by atoms with Crippen LogP contribution in [0.25, 0.3) is 10.8 Å². The lowest BCUT2D eigenvalue weighted by Crippen LogP contribution is -1.78. The fourth-order valence-electron chi connectivity index (χ4n) is 1.48. The summed E-state index contributed by atoms with van der Waals surface area (Å²) in [5, 5.41) is 2.60. The monoisotopic (exact) mass is 155 g/mol. The quantitative estimate of drug-likeness (QED) is 0.547. The Morgan fingerprint density at radius 2 is 1.92 bits per heavy atom. The Hall–Kier alpha value is -1.30. The molecule has 0 aliphatic carbocycles. The molecular weight excluding hydrogens is 144 g/mol. The summed E-state index contributed by atoms with van der Waals surface area (Å²) < 4.78 is 0. The van der Waals surface area contributed by atoms with Crippen LogP contribution in [-0.4, -0.2) is 0 Å². The highest BCUT2D eigenvalue weighted by Gasteiger charge is 1.95. The van der Waals surface area contributed by atoms with Crippen LogP contribution in [-0.2, 0) is 0 Å². The van der Waals surface area contributed by atoms with Gasteiger partial charge in [-0.05, 0) is 35.7 Å². The highest BCUT2D eigenvalue weighted by Crippen LogP contribution is 2.18. The number of fused-ring (bicyclic) bond motifs is 1. The van der Waals surface area contributed by atoms with Gasteiger partial charge in [-0.25, -0.2) is 0 Å². The van der Waals surface area contributed by atoms with Gasteiger partial charge in [0.05, 0.1) is 0 Å². The minimum absolute atomic E-state index is 1.08. The van der Waals surface area contributed by atoms with Crippen LogP contribution in [0.4, 0.5) is 0 Å². The molecular formula is C12H11. The zero-order valence-electron chi connectivity index (χ0n) is 7.17. The van der Waals surface area contributed by atoms with E-state index in [1.165, 1.54) is 16.3 Å². The van der Waals surface area contributed by atoms with Crippen molar-refractivity contribution in [2.45, 2.75) is 6.92 Å². The van der Waals surface area contributed by atoms with Gasteiger partial charge in [0.25, 0.3) is 0 Å². The normalized spacial score (nSPS) is 10.5. The molecule has 12 heavy (non-hydrogen) atoms. The summed E-state index contributed by atoms with van der Waals surface area (Å²) in [6.45, 7) is 6.04. The zero-order chi connectivity index (χ0) is 8.55. The fourth-order valence-corrected chi connectivity index (χ4v) is 1.48. The molecule has 0 N–H and O–H groups in total. The third kappa shape index (κ3) is 1.10. The topological polar surface area (TPSA) is 0 Å². The lowest BCUT2D eigenvalue weighted by Gasteiger charge is -2.01. The maximum atomic E-state index is 3.91. The van der Waals surface area contributed by atoms with Crippen LogP contribution in [0.5, 0.6) is 0 Å². The van der Waals surface area contributed by atoms with E-state index in [1.54, 1.807) is 0 Å². The first-order valence-corrected chi connectivity index (χ1v) is 4.09. The summed E-state index contributed by atoms with van der Waals surface area (Å²) in [6, 6.07) is 12.6. The molecule has 0 heteroatoms. The largest absolute Gasteiger partial charge is 0.0614 e. The number of hydrogen-bond acceptors (Lipinski definition) is 0. The first-order valence-electron chi connectivity index (χ1n) is 4.09. The summed E-state index contributed by atoms with van der Waals surface area (Å²) in [7, 11) is 0. The van der Waals surface area contributed by atoms with E-state index in [0.717, 1.165) is 5.56 Å². The van der Waals surface area contributed by atoms with Gasteiger partial charge < -0.3 is 0 Å². The van der Waals surface area contributed by atoms with E-state index >= 15 is 0 Å². The minimum Gasteiger partial charge on any atom is -0.0614 e. The van der Waals surface area contributed by atoms with Crippen LogP contribution in [0.2, 0.25) is 0 Å². The molecule has 0 saturated heterocycles. The van der Waals surface area contributed by atoms with Crippen LogP contribution in [0.1, 0.15) is 11.1 Å². The Kier molecular flexibility index (Phi) is 1.61. The van der Waals surface area contributed by atoms with Gasteiger partial charge in [0.1, 0.15) is 0 Å². The highest BCUT2D eigenvalue weighted by molar-refractivity contribution is 5.86. The summed E-state index contributed by atoms with van der Waals surface area (Å²) in [5.74, 6) is 0. The molecule has 0 fully saturated rings. The summed E-state index contributed by atoms with van der Waals surface area (Å²) in [6.07, 6.45) is 0. The Balaban J connectivity index is 2.88. The van der Waals surface area contributed by atoms with Gasteiger partial charge in [-0.2, -0.15) is 0 Å². The lowest BCUT2D eigenvalue weighted by molar-refractivity contribution is 1.52. The lowest BCUT2D eigenvalue weighted by atomic mass is 10.0. The molecule has 0 saturated carbocycles. The summed E-state index contributed by atoms with van der Waals surface area (Å²) >= 11 is 0. The third-order valence-corrected chi connectivity index (χ3v) is 2.16. The first-order chi connectivity index (χ1) is 5.77. The van der Waals surface area contributed by atoms with Gasteiger partial charge in [0.15, 0.2) is 0 Å². The molecule has 2 aromatic rings. The Labute approximate surface area is 72.8 Å². The van der Waals surface area contributed by atoms with E-state index in [9.17, 15) is 0 Å². The van der Waals surface area contributed by atoms with E-state index in [1.807, 2.05) is 6.07 Å². The molecule has 2 aromatic carbocycles. The van der Waals surface area contributed by atoms with Crippen LogP contribution >= 0.6 is 0 Å². The predicted molar refractivity (Wildman–Crippen MR) is 53.1 cm³/mol. The minimum atomic E-state index is 1.08. The molecule has 0 unspecified atom stereocenters. The van der Waals surface area contributed by atoms with Gasteiger partial charge in [-0.15, -0.1) is 0 Å². The van der Waals surface area contributed by atoms with Gasteiger partial charge in [0.2, 0.25) is 0 Å². The van der Waals surface area contributed by atoms with Gasteiger partial charge in [0, 0.05) is 0 Å². The van der Waals surface area contributed by atoms with Gasteiger partial charge >= 0.3 is 0 Å². The molecule has 0 aliphatic rings. The van der Waals surface area contributed by atoms with Crippen molar-refractivity contribution in [2.24, 2.45) is 0 Å². The SMILES string of the molecule is [CH2]c1ccc2cccc(C)c2c1. The summed E-state index contributed by atoms with van der Waals surface area (Å²) in [4.78, 5) is 0. The Morgan fingerprint density at radius 1 is 1.08 bits per heavy atom. The molecule has 0 aromatic heterocycles. The van der Waals surface area contributed by atoms with E-state index < -0.39 is 0 Å². The standard InChI is InChI=1S/C12H11/c1-9-6-7-11-5-3-4-10(2)12(11)8-9/h3-8H,1H2,2H3. The second-order valence-electron chi connectivity index (χ2n) is 3.13. The Bertz CT molecular complexity index is 413. The maximum Gasteiger partial charge on any atom is -0.0152 e. The average molecular weight is 155 g/mol. The number of hydrogen-bond donors (Lipinski definition) is 0. The molecule has 0 atom stereocenters. The van der Waals surface area contributed by atoms with E-state index in [-0.39, 0.29) is 0 Å². The van der Waals surface area contributed by atoms with Crippen molar-refractivity contribution in [3.63, 3.8) is 0 Å². The fraction of sp³-hybridized carbons (Fsp3) is 0.0833. The van der Waals surface area contributed by atoms with Crippen molar-refractivity contribution >= 4 is 10.8 Å². The van der Waals surface area contributed by atoms with E-state index in [4.69, 9.17) is 0 Å². The second kappa shape index (κ2) is 2.63. The average Bonchev–Trinajstić information content (AvgIpc) is 2.07. The zero-order valence-corrected chi connectivity index (χ0v) is 7.17. The third-order valence-electron chi connectivity index (χ3n) is 2.16. The van der Waals surface area contributed by atoms with Crippen LogP contribution < -0.4 is 0 Å². The van der Waals surface area contributed by atoms with Gasteiger partial charge in [-0.1, -0.05) is 36.4 Å². The molecule has 0 bridgehead atoms. The first kappa shape index (κ1) is 7.35. The number of benzene rings is 2. The van der Waals surface area contributed by atoms with Crippen LogP contribution in [0.15, 0.2) is 36.4 Å². The smallest absolute Gasteiger partial charge is 0.0152 e. The van der Waals surface area contributed by atoms with Crippen molar-refractivity contribution in [3.05, 3.63) is 54.4 Å². The van der Waals surface area contributed by atoms with Crippen molar-refractivity contribution in [3.8, 4) is 0 Å². The number of rotatable bonds is 0. The number of aryl methyl sites for hydroxylation is 1. The van der Waals surface area contributed by atoms with Crippen molar-refractivity contribution in [1.82, 2.24) is 0 Å². The van der Waals surface area contributed by atoms with Gasteiger partial charge in [-0.3, -0.25) is 0 Å². The molecule has 2 rings (SSSR count). The summed E-state index contributed by atoms with van der Waals surface area (Å²) in [5.41, 5.74) is 2.40. The molecule has 59 valence electrons. The van der Waals surface area contributed by atoms with E-state index in [0.29, 0.717) is 0 Å². The molecule has 0 amide bonds. The van der Waals surface area contributed by atoms with Crippen LogP contribution in [0.3, 0.4) is 0 Å². The molecule has 0 aliphatic heterocycles. The van der Waals surface area contributed by atoms with Crippen molar-refractivity contribution < 1.29 is 0 Å². The predicted octanol–water partition coefficient (Wildman–Crippen LogP) is 3.33. The van der Waals surface area contributed by atoms with Crippen molar-refractivity contribution in [1.29, 1.82) is 0 Å². The molecule has 0 spiro atoms. The van der Waals surface area contributed by atoms with Crippen LogP contribution in [0, 0.1) is 13.8 Å². The maximum absolute atomic E-state index is 3.91. The van der Waals surface area contributed by atoms with Crippen molar-refractivity contribution in [2.75, 3.05) is 0 Å². The van der Waals surface area contributed by atoms with E-state index in [2.05, 4.69) is 44.2 Å². The second-order valence-corrected chi connectivity index (χ2v) is 3.13.